The van der Waals surface area contributed by atoms with E-state index >= 15 is 0 Å². The quantitative estimate of drug-likeness (QED) is 0.646. The molecule has 8 nitrogen and oxygen atoms in total. The molecule has 2 aromatic heterocycles. The van der Waals surface area contributed by atoms with Crippen LogP contribution in [-0.2, 0) is 30.7 Å². The SMILES string of the molecule is CN(Cc1nnc2n1CCC2)C(=O)C(Cc1ccccc1)NC(=O)c1cccnc1. The topological polar surface area (TPSA) is 93.0 Å². The van der Waals surface area contributed by atoms with Crippen LogP contribution >= 0.6 is 0 Å². The van der Waals surface area contributed by atoms with E-state index in [1.807, 2.05) is 30.3 Å². The van der Waals surface area contributed by atoms with Crippen LogP contribution in [0.4, 0.5) is 0 Å². The maximum absolute atomic E-state index is 13.3. The fourth-order valence-electron chi connectivity index (χ4n) is 3.67. The maximum Gasteiger partial charge on any atom is 0.253 e. The molecule has 2 amide bonds. The Kier molecular flexibility index (Phi) is 5.83. The molecular formula is C22H24N6O2. The number of nitrogens with one attached hydrogen (secondary N) is 1. The number of pyridine rings is 1. The normalized spacial score (nSPS) is 13.5. The second kappa shape index (κ2) is 8.86. The van der Waals surface area contributed by atoms with Crippen LogP contribution in [0, 0.1) is 0 Å². The molecular weight excluding hydrogens is 380 g/mol. The van der Waals surface area contributed by atoms with E-state index < -0.39 is 6.04 Å². The summed E-state index contributed by atoms with van der Waals surface area (Å²) in [5.74, 6) is 1.24. The van der Waals surface area contributed by atoms with E-state index in [4.69, 9.17) is 0 Å². The molecule has 1 aliphatic heterocycles. The summed E-state index contributed by atoms with van der Waals surface area (Å²) in [4.78, 5) is 31.6. The van der Waals surface area contributed by atoms with Gasteiger partial charge in [0.05, 0.1) is 12.1 Å². The molecule has 0 saturated heterocycles. The Morgan fingerprint density at radius 1 is 1.17 bits per heavy atom. The van der Waals surface area contributed by atoms with E-state index in [1.54, 1.807) is 30.3 Å². The molecule has 1 aromatic carbocycles. The number of aryl methyl sites for hydroxylation is 1. The first-order valence-electron chi connectivity index (χ1n) is 10.0. The van der Waals surface area contributed by atoms with Crippen molar-refractivity contribution in [3.8, 4) is 0 Å². The highest BCUT2D eigenvalue weighted by Crippen LogP contribution is 2.16. The first kappa shape index (κ1) is 19.8. The van der Waals surface area contributed by atoms with Crippen molar-refractivity contribution >= 4 is 11.8 Å². The van der Waals surface area contributed by atoms with Crippen molar-refractivity contribution in [2.75, 3.05) is 7.05 Å². The second-order valence-electron chi connectivity index (χ2n) is 7.44. The second-order valence-corrected chi connectivity index (χ2v) is 7.44. The molecule has 8 heteroatoms. The summed E-state index contributed by atoms with van der Waals surface area (Å²) >= 11 is 0. The zero-order chi connectivity index (χ0) is 20.9. The molecule has 3 aromatic rings. The molecule has 154 valence electrons. The first-order chi connectivity index (χ1) is 14.6. The van der Waals surface area contributed by atoms with Crippen molar-refractivity contribution in [2.24, 2.45) is 0 Å². The van der Waals surface area contributed by atoms with Gasteiger partial charge in [-0.05, 0) is 24.1 Å². The highest BCUT2D eigenvalue weighted by atomic mass is 16.2. The first-order valence-corrected chi connectivity index (χ1v) is 10.0. The van der Waals surface area contributed by atoms with Crippen LogP contribution in [-0.4, -0.2) is 49.6 Å². The Morgan fingerprint density at radius 2 is 2.00 bits per heavy atom. The lowest BCUT2D eigenvalue weighted by atomic mass is 10.0. The smallest absolute Gasteiger partial charge is 0.253 e. The molecule has 0 saturated carbocycles. The van der Waals surface area contributed by atoms with Crippen molar-refractivity contribution in [1.82, 2.24) is 30.0 Å². The monoisotopic (exact) mass is 404 g/mol. The molecule has 0 fully saturated rings. The van der Waals surface area contributed by atoms with E-state index in [0.717, 1.165) is 36.6 Å². The summed E-state index contributed by atoms with van der Waals surface area (Å²) in [6.07, 6.45) is 5.46. The summed E-state index contributed by atoms with van der Waals surface area (Å²) in [5, 5.41) is 11.3. The van der Waals surface area contributed by atoms with Gasteiger partial charge in [-0.2, -0.15) is 0 Å². The Labute approximate surface area is 175 Å². The number of hydrogen-bond donors (Lipinski definition) is 1. The zero-order valence-electron chi connectivity index (χ0n) is 16.9. The average molecular weight is 404 g/mol. The summed E-state index contributed by atoms with van der Waals surface area (Å²) < 4.78 is 2.07. The Morgan fingerprint density at radius 3 is 2.77 bits per heavy atom. The van der Waals surface area contributed by atoms with Gasteiger partial charge < -0.3 is 14.8 Å². The molecule has 1 aliphatic rings. The molecule has 4 rings (SSSR count). The lowest BCUT2D eigenvalue weighted by Crippen LogP contribution is -2.48. The Hall–Kier alpha value is -3.55. The third-order valence-corrected chi connectivity index (χ3v) is 5.25. The fourth-order valence-corrected chi connectivity index (χ4v) is 3.67. The molecule has 0 radical (unpaired) electrons. The number of amides is 2. The van der Waals surface area contributed by atoms with Gasteiger partial charge in [0.25, 0.3) is 5.91 Å². The van der Waals surface area contributed by atoms with Gasteiger partial charge in [0, 0.05) is 38.8 Å². The number of benzene rings is 1. The van der Waals surface area contributed by atoms with E-state index in [0.29, 0.717) is 18.5 Å². The van der Waals surface area contributed by atoms with Crippen molar-refractivity contribution < 1.29 is 9.59 Å². The van der Waals surface area contributed by atoms with Crippen LogP contribution in [0.2, 0.25) is 0 Å². The summed E-state index contributed by atoms with van der Waals surface area (Å²) in [6, 6.07) is 12.3. The Bertz CT molecular complexity index is 1020. The van der Waals surface area contributed by atoms with Crippen molar-refractivity contribution in [3.63, 3.8) is 0 Å². The highest BCUT2D eigenvalue weighted by Gasteiger charge is 2.27. The zero-order valence-corrected chi connectivity index (χ0v) is 16.9. The lowest BCUT2D eigenvalue weighted by molar-refractivity contribution is -0.132. The van der Waals surface area contributed by atoms with Crippen LogP contribution in [0.25, 0.3) is 0 Å². The third-order valence-electron chi connectivity index (χ3n) is 5.25. The summed E-state index contributed by atoms with van der Waals surface area (Å²) in [7, 11) is 1.73. The minimum absolute atomic E-state index is 0.175. The molecule has 0 bridgehead atoms. The van der Waals surface area contributed by atoms with Gasteiger partial charge in [-0.3, -0.25) is 14.6 Å². The number of carbonyl (C=O) groups is 2. The van der Waals surface area contributed by atoms with Gasteiger partial charge in [0.15, 0.2) is 5.82 Å². The summed E-state index contributed by atoms with van der Waals surface area (Å²) in [6.45, 7) is 1.23. The van der Waals surface area contributed by atoms with Crippen LogP contribution < -0.4 is 5.32 Å². The van der Waals surface area contributed by atoms with Gasteiger partial charge in [0.1, 0.15) is 11.9 Å². The van der Waals surface area contributed by atoms with Gasteiger partial charge in [-0.1, -0.05) is 30.3 Å². The van der Waals surface area contributed by atoms with Gasteiger partial charge in [0.2, 0.25) is 5.91 Å². The molecule has 0 aliphatic carbocycles. The predicted octanol–water partition coefficient (Wildman–Crippen LogP) is 1.62. The summed E-state index contributed by atoms with van der Waals surface area (Å²) in [5.41, 5.74) is 1.39. The van der Waals surface area contributed by atoms with Gasteiger partial charge in [-0.25, -0.2) is 0 Å². The molecule has 1 atom stereocenters. The molecule has 30 heavy (non-hydrogen) atoms. The van der Waals surface area contributed by atoms with E-state index in [-0.39, 0.29) is 11.8 Å². The molecule has 1 N–H and O–H groups in total. The van der Waals surface area contributed by atoms with Crippen LogP contribution in [0.1, 0.15) is 34.0 Å². The Balaban J connectivity index is 1.51. The number of rotatable bonds is 7. The van der Waals surface area contributed by atoms with E-state index in [2.05, 4.69) is 25.1 Å². The number of aromatic nitrogens is 4. The highest BCUT2D eigenvalue weighted by molar-refractivity contribution is 5.97. The van der Waals surface area contributed by atoms with Gasteiger partial charge in [-0.15, -0.1) is 10.2 Å². The van der Waals surface area contributed by atoms with E-state index in [1.165, 1.54) is 6.20 Å². The largest absolute Gasteiger partial charge is 0.340 e. The number of nitrogens with zero attached hydrogens (tertiary/aromatic N) is 5. The van der Waals surface area contributed by atoms with E-state index in [9.17, 15) is 9.59 Å². The lowest BCUT2D eigenvalue weighted by Gasteiger charge is -2.24. The standard InChI is InChI=1S/C22H24N6O2/c1-27(15-20-26-25-19-10-6-12-28(19)20)22(30)18(13-16-7-3-2-4-8-16)24-21(29)17-9-5-11-23-14-17/h2-5,7-9,11,14,18H,6,10,12-13,15H2,1H3,(H,24,29). The minimum Gasteiger partial charge on any atom is -0.340 e. The minimum atomic E-state index is -0.703. The third kappa shape index (κ3) is 4.37. The average Bonchev–Trinajstić information content (AvgIpc) is 3.39. The van der Waals surface area contributed by atoms with Crippen molar-refractivity contribution in [2.45, 2.75) is 38.4 Å². The number of fused-ring (bicyclic) bond motifs is 1. The maximum atomic E-state index is 13.3. The molecule has 0 spiro atoms. The van der Waals surface area contributed by atoms with Crippen molar-refractivity contribution in [1.29, 1.82) is 0 Å². The molecule has 1 unspecified atom stereocenters. The van der Waals surface area contributed by atoms with Gasteiger partial charge >= 0.3 is 0 Å². The molecule has 3 heterocycles. The van der Waals surface area contributed by atoms with Crippen molar-refractivity contribution in [3.05, 3.63) is 77.6 Å². The number of carbonyl (C=O) groups excluding carboxylic acids is 2. The number of hydrogen-bond acceptors (Lipinski definition) is 5. The predicted molar refractivity (Wildman–Crippen MR) is 110 cm³/mol. The van der Waals surface area contributed by atoms with Crippen LogP contribution in [0.5, 0.6) is 0 Å². The number of likely N-dealkylation sites (N-methyl/N-ethyl adjacent to an activating group) is 1. The van der Waals surface area contributed by atoms with Crippen LogP contribution in [0.3, 0.4) is 0 Å². The van der Waals surface area contributed by atoms with Crippen LogP contribution in [0.15, 0.2) is 54.9 Å². The fraction of sp³-hybridized carbons (Fsp3) is 0.318.